The molecule has 0 bridgehead atoms. The van der Waals surface area contributed by atoms with Gasteiger partial charge in [-0.2, -0.15) is 4.98 Å². The van der Waals surface area contributed by atoms with E-state index in [2.05, 4.69) is 30.1 Å². The predicted octanol–water partition coefficient (Wildman–Crippen LogP) is 5.79. The van der Waals surface area contributed by atoms with Crippen LogP contribution in [-0.2, 0) is 0 Å². The average molecular weight is 502 g/mol. The van der Waals surface area contributed by atoms with E-state index in [4.69, 9.17) is 5.11 Å². The molecule has 3 rings (SSSR count). The zero-order valence-corrected chi connectivity index (χ0v) is 18.2. The lowest BCUT2D eigenvalue weighted by molar-refractivity contribution is -0.275. The highest BCUT2D eigenvalue weighted by molar-refractivity contribution is 5.69. The molecular weight excluding hydrogens is 482 g/mol. The van der Waals surface area contributed by atoms with Crippen LogP contribution >= 0.6 is 0 Å². The Morgan fingerprint density at radius 2 is 1.57 bits per heavy atom. The Morgan fingerprint density at radius 1 is 0.886 bits per heavy atom. The van der Waals surface area contributed by atoms with Crippen LogP contribution in [0.2, 0.25) is 0 Å². The Labute approximate surface area is 195 Å². The second-order valence-electron chi connectivity index (χ2n) is 7.19. The van der Waals surface area contributed by atoms with E-state index in [0.717, 1.165) is 18.2 Å². The van der Waals surface area contributed by atoms with Crippen molar-refractivity contribution in [2.24, 2.45) is 0 Å². The zero-order chi connectivity index (χ0) is 25.6. The molecule has 0 aliphatic rings. The molecular formula is C22H20F6N4O3. The molecule has 3 aromatic rings. The summed E-state index contributed by atoms with van der Waals surface area (Å²) in [7, 11) is 0. The number of halogens is 6. The van der Waals surface area contributed by atoms with Crippen molar-refractivity contribution in [3.63, 3.8) is 0 Å². The largest absolute Gasteiger partial charge is 0.573 e. The van der Waals surface area contributed by atoms with Crippen molar-refractivity contribution in [1.82, 2.24) is 9.97 Å². The highest BCUT2D eigenvalue weighted by Crippen LogP contribution is 2.31. The van der Waals surface area contributed by atoms with Crippen LogP contribution in [0.3, 0.4) is 0 Å². The fourth-order valence-electron chi connectivity index (χ4n) is 2.98. The van der Waals surface area contributed by atoms with Crippen LogP contribution in [-0.4, -0.2) is 41.0 Å². The highest BCUT2D eigenvalue weighted by Gasteiger charge is 2.32. The second kappa shape index (κ2) is 10.7. The summed E-state index contributed by atoms with van der Waals surface area (Å²) in [5, 5.41) is 14.9. The van der Waals surface area contributed by atoms with Crippen molar-refractivity contribution in [1.29, 1.82) is 0 Å². The Bertz CT molecular complexity index is 1150. The van der Waals surface area contributed by atoms with Crippen LogP contribution in [0.5, 0.6) is 11.5 Å². The van der Waals surface area contributed by atoms with Crippen LogP contribution in [0, 0.1) is 6.92 Å². The summed E-state index contributed by atoms with van der Waals surface area (Å²) in [5.41, 5.74) is 1.38. The average Bonchev–Trinajstić information content (AvgIpc) is 2.74. The van der Waals surface area contributed by atoms with E-state index in [1.54, 1.807) is 6.92 Å². The number of aromatic nitrogens is 2. The molecule has 0 spiro atoms. The first-order valence-corrected chi connectivity index (χ1v) is 10.2. The Hall–Kier alpha value is -3.74. The normalized spacial score (nSPS) is 11.8. The van der Waals surface area contributed by atoms with Crippen molar-refractivity contribution in [3.8, 4) is 22.8 Å². The minimum absolute atomic E-state index is 0.0832. The van der Waals surface area contributed by atoms with Gasteiger partial charge < -0.3 is 25.2 Å². The lowest BCUT2D eigenvalue weighted by atomic mass is 10.1. The van der Waals surface area contributed by atoms with Crippen LogP contribution in [0.15, 0.2) is 48.5 Å². The third-order valence-corrected chi connectivity index (χ3v) is 4.40. The Balaban J connectivity index is 1.93. The molecule has 1 aromatic heterocycles. The molecule has 188 valence electrons. The molecule has 7 nitrogen and oxygen atoms in total. The lowest BCUT2D eigenvalue weighted by Gasteiger charge is -2.15. The molecule has 0 aliphatic carbocycles. The molecule has 1 heterocycles. The van der Waals surface area contributed by atoms with Gasteiger partial charge in [0, 0.05) is 30.5 Å². The molecule has 3 N–H and O–H groups in total. The quantitative estimate of drug-likeness (QED) is 0.252. The van der Waals surface area contributed by atoms with Gasteiger partial charge in [0.25, 0.3) is 0 Å². The number of anilines is 3. The summed E-state index contributed by atoms with van der Waals surface area (Å²) >= 11 is 0. The number of hydrogen-bond donors (Lipinski definition) is 3. The monoisotopic (exact) mass is 502 g/mol. The smallest absolute Gasteiger partial charge is 0.406 e. The molecule has 0 saturated carbocycles. The first-order chi connectivity index (χ1) is 16.4. The second-order valence-corrected chi connectivity index (χ2v) is 7.19. The molecule has 0 saturated heterocycles. The molecule has 0 atom stereocenters. The SMILES string of the molecule is Cc1cc(OC(F)(F)F)ccc1Nc1cc(-c2cccc(OC(F)(F)F)c2)nc(NCCCO)n1. The fourth-order valence-corrected chi connectivity index (χ4v) is 2.98. The summed E-state index contributed by atoms with van der Waals surface area (Å²) in [5.74, 6) is -0.489. The third-order valence-electron chi connectivity index (χ3n) is 4.40. The summed E-state index contributed by atoms with van der Waals surface area (Å²) in [6, 6.07) is 10.4. The number of aliphatic hydroxyl groups is 1. The maximum Gasteiger partial charge on any atom is 0.573 e. The molecule has 35 heavy (non-hydrogen) atoms. The number of aliphatic hydroxyl groups excluding tert-OH is 1. The first-order valence-electron chi connectivity index (χ1n) is 10.2. The van der Waals surface area contributed by atoms with Crippen LogP contribution in [0.4, 0.5) is 43.8 Å². The Morgan fingerprint density at radius 3 is 2.20 bits per heavy atom. The molecule has 0 aliphatic heterocycles. The van der Waals surface area contributed by atoms with Gasteiger partial charge in [-0.3, -0.25) is 0 Å². The van der Waals surface area contributed by atoms with Crippen LogP contribution in [0.1, 0.15) is 12.0 Å². The third kappa shape index (κ3) is 8.21. The molecule has 0 radical (unpaired) electrons. The van der Waals surface area contributed by atoms with Gasteiger partial charge in [-0.05, 0) is 49.2 Å². The van der Waals surface area contributed by atoms with E-state index in [9.17, 15) is 26.3 Å². The highest BCUT2D eigenvalue weighted by atomic mass is 19.4. The fraction of sp³-hybridized carbons (Fsp3) is 0.273. The van der Waals surface area contributed by atoms with E-state index in [-0.39, 0.29) is 24.1 Å². The zero-order valence-electron chi connectivity index (χ0n) is 18.2. The maximum atomic E-state index is 12.6. The number of benzene rings is 2. The van der Waals surface area contributed by atoms with E-state index >= 15 is 0 Å². The van der Waals surface area contributed by atoms with Crippen LogP contribution in [0.25, 0.3) is 11.3 Å². The summed E-state index contributed by atoms with van der Waals surface area (Å²) in [4.78, 5) is 8.60. The topological polar surface area (TPSA) is 88.5 Å². The number of aryl methyl sites for hydroxylation is 1. The number of rotatable bonds is 9. The lowest BCUT2D eigenvalue weighted by Crippen LogP contribution is -2.17. The van der Waals surface area contributed by atoms with Crippen molar-refractivity contribution >= 4 is 17.5 Å². The van der Waals surface area contributed by atoms with Gasteiger partial charge in [0.2, 0.25) is 5.95 Å². The Kier molecular flexibility index (Phi) is 7.89. The number of nitrogens with one attached hydrogen (secondary N) is 2. The van der Waals surface area contributed by atoms with Crippen molar-refractivity contribution < 1.29 is 40.9 Å². The summed E-state index contributed by atoms with van der Waals surface area (Å²) in [6.07, 6.45) is -9.30. The summed E-state index contributed by atoms with van der Waals surface area (Å²) in [6.45, 7) is 1.80. The molecule has 0 unspecified atom stereocenters. The van der Waals surface area contributed by atoms with Crippen molar-refractivity contribution in [2.45, 2.75) is 26.1 Å². The van der Waals surface area contributed by atoms with Crippen LogP contribution < -0.4 is 20.1 Å². The predicted molar refractivity (Wildman–Crippen MR) is 115 cm³/mol. The van der Waals surface area contributed by atoms with Gasteiger partial charge in [0.15, 0.2) is 0 Å². The van der Waals surface area contributed by atoms with Gasteiger partial charge in [-0.15, -0.1) is 26.3 Å². The van der Waals surface area contributed by atoms with Gasteiger partial charge >= 0.3 is 12.7 Å². The molecule has 2 aromatic carbocycles. The summed E-state index contributed by atoms with van der Waals surface area (Å²) < 4.78 is 83.1. The van der Waals surface area contributed by atoms with Crippen molar-refractivity contribution in [2.75, 3.05) is 23.8 Å². The molecule has 0 amide bonds. The van der Waals surface area contributed by atoms with Gasteiger partial charge in [-0.1, -0.05) is 12.1 Å². The van der Waals surface area contributed by atoms with Gasteiger partial charge in [0.05, 0.1) is 5.69 Å². The minimum atomic E-state index is -4.87. The maximum absolute atomic E-state index is 12.6. The molecule has 0 fully saturated rings. The van der Waals surface area contributed by atoms with E-state index < -0.39 is 24.2 Å². The van der Waals surface area contributed by atoms with E-state index in [1.807, 2.05) is 0 Å². The number of ether oxygens (including phenoxy) is 2. The molecule has 13 heteroatoms. The van der Waals surface area contributed by atoms with Gasteiger partial charge in [-0.25, -0.2) is 4.98 Å². The number of alkyl halides is 6. The standard InChI is InChI=1S/C22H20F6N4O3/c1-13-10-16(35-22(26,27)28)6-7-17(13)30-19-12-18(31-20(32-19)29-8-3-9-33)14-4-2-5-15(11-14)34-21(23,24)25/h2,4-7,10-12,33H,3,8-9H2,1H3,(H2,29,30,31,32). The number of nitrogens with zero attached hydrogens (tertiary/aromatic N) is 2. The van der Waals surface area contributed by atoms with E-state index in [1.165, 1.54) is 30.3 Å². The van der Waals surface area contributed by atoms with E-state index in [0.29, 0.717) is 29.8 Å². The number of hydrogen-bond acceptors (Lipinski definition) is 7. The van der Waals surface area contributed by atoms with Crippen molar-refractivity contribution in [3.05, 3.63) is 54.1 Å². The first kappa shape index (κ1) is 25.9. The minimum Gasteiger partial charge on any atom is -0.406 e. The van der Waals surface area contributed by atoms with Gasteiger partial charge in [0.1, 0.15) is 17.3 Å².